The molecule has 1 fully saturated rings. The molecule has 0 unspecified atom stereocenters. The summed E-state index contributed by atoms with van der Waals surface area (Å²) in [6, 6.07) is 11.9. The molecular weight excluding hydrogens is 457 g/mol. The van der Waals surface area contributed by atoms with Gasteiger partial charge in [0.2, 0.25) is 10.0 Å². The number of nitrogens with zero attached hydrogens (tertiary/aromatic N) is 2. The predicted molar refractivity (Wildman–Crippen MR) is 129 cm³/mol. The summed E-state index contributed by atoms with van der Waals surface area (Å²) < 4.78 is 46.0. The number of ether oxygens (including phenoxy) is 1. The maximum absolute atomic E-state index is 13.7. The Morgan fingerprint density at radius 1 is 1.21 bits per heavy atom. The number of hydrogen-bond donors (Lipinski definition) is 2. The summed E-state index contributed by atoms with van der Waals surface area (Å²) in [6.45, 7) is 2.21. The van der Waals surface area contributed by atoms with Crippen molar-refractivity contribution in [3.05, 3.63) is 65.1 Å². The molecule has 2 aliphatic rings. The maximum Gasteiger partial charge on any atom is 0.211 e. The van der Waals surface area contributed by atoms with Crippen LogP contribution in [0.25, 0.3) is 10.9 Å². The highest BCUT2D eigenvalue weighted by atomic mass is 32.2. The van der Waals surface area contributed by atoms with E-state index in [1.807, 2.05) is 24.3 Å². The molecule has 2 aliphatic heterocycles. The van der Waals surface area contributed by atoms with Crippen molar-refractivity contribution in [2.24, 2.45) is 0 Å². The van der Waals surface area contributed by atoms with Crippen molar-refractivity contribution < 1.29 is 22.7 Å². The zero-order valence-corrected chi connectivity index (χ0v) is 20.2. The van der Waals surface area contributed by atoms with Crippen LogP contribution in [-0.2, 0) is 22.0 Å². The number of methoxy groups -OCH3 is 1. The Bertz CT molecular complexity index is 1310. The van der Waals surface area contributed by atoms with Crippen LogP contribution >= 0.6 is 0 Å². The van der Waals surface area contributed by atoms with E-state index in [2.05, 4.69) is 9.88 Å². The van der Waals surface area contributed by atoms with Crippen LogP contribution in [0.4, 0.5) is 4.39 Å². The zero-order valence-electron chi connectivity index (χ0n) is 19.4. The number of aromatic amines is 1. The molecular formula is C25H30FN3O4S. The lowest BCUT2D eigenvalue weighted by Crippen LogP contribution is -2.54. The van der Waals surface area contributed by atoms with Crippen LogP contribution in [0.5, 0.6) is 5.75 Å². The molecule has 0 saturated carbocycles. The first-order valence-corrected chi connectivity index (χ1v) is 13.3. The third-order valence-electron chi connectivity index (χ3n) is 7.41. The minimum Gasteiger partial charge on any atom is -0.497 e. The molecule has 2 aromatic carbocycles. The van der Waals surface area contributed by atoms with Gasteiger partial charge in [0.05, 0.1) is 26.0 Å². The lowest BCUT2D eigenvalue weighted by molar-refractivity contribution is 0.0935. The van der Waals surface area contributed by atoms with Crippen molar-refractivity contribution in [3.8, 4) is 5.75 Å². The lowest BCUT2D eigenvalue weighted by Gasteiger charge is -2.49. The van der Waals surface area contributed by atoms with Crippen molar-refractivity contribution >= 4 is 20.9 Å². The van der Waals surface area contributed by atoms with Gasteiger partial charge in [-0.15, -0.1) is 0 Å². The largest absolute Gasteiger partial charge is 0.497 e. The number of halogens is 1. The van der Waals surface area contributed by atoms with Gasteiger partial charge in [0.1, 0.15) is 11.6 Å². The van der Waals surface area contributed by atoms with Crippen molar-refractivity contribution in [1.29, 1.82) is 0 Å². The van der Waals surface area contributed by atoms with Gasteiger partial charge in [0, 0.05) is 41.2 Å². The van der Waals surface area contributed by atoms with Gasteiger partial charge >= 0.3 is 0 Å². The van der Waals surface area contributed by atoms with Crippen LogP contribution in [0.2, 0.25) is 0 Å². The molecule has 7 nitrogen and oxygen atoms in total. The summed E-state index contributed by atoms with van der Waals surface area (Å²) in [7, 11) is -1.94. The van der Waals surface area contributed by atoms with E-state index in [0.29, 0.717) is 18.8 Å². The molecule has 1 aromatic heterocycles. The second-order valence-corrected chi connectivity index (χ2v) is 11.5. The van der Waals surface area contributed by atoms with E-state index in [1.165, 1.54) is 16.6 Å². The molecule has 1 atom stereocenters. The standard InChI is InChI=1S/C25H30FN3O4S/c1-33-19-6-7-20-21(13-19)27-24-22(15-30)29(34(2,31)32)16-25(23(20)24)8-10-28(11-9-25)14-17-4-3-5-18(26)12-17/h3-7,12-13,22,27,30H,8-11,14-16H2,1-2H3/t22-/m1/s1. The highest BCUT2D eigenvalue weighted by molar-refractivity contribution is 7.88. The Morgan fingerprint density at radius 2 is 1.97 bits per heavy atom. The number of piperidine rings is 1. The number of aliphatic hydroxyl groups excluding tert-OH is 1. The van der Waals surface area contributed by atoms with Gasteiger partial charge in [-0.25, -0.2) is 12.8 Å². The molecule has 0 radical (unpaired) electrons. The highest BCUT2D eigenvalue weighted by Crippen LogP contribution is 2.49. The Labute approximate surface area is 199 Å². The summed E-state index contributed by atoms with van der Waals surface area (Å²) >= 11 is 0. The fraction of sp³-hybridized carbons (Fsp3) is 0.440. The van der Waals surface area contributed by atoms with Crippen molar-refractivity contribution in [2.45, 2.75) is 30.8 Å². The molecule has 34 heavy (non-hydrogen) atoms. The Hall–Kier alpha value is -2.46. The van der Waals surface area contributed by atoms with Crippen LogP contribution < -0.4 is 4.74 Å². The number of fused-ring (bicyclic) bond motifs is 4. The van der Waals surface area contributed by atoms with E-state index in [1.54, 1.807) is 19.2 Å². The average Bonchev–Trinajstić information content (AvgIpc) is 3.19. The topological polar surface area (TPSA) is 85.9 Å². The molecule has 5 rings (SSSR count). The number of aromatic nitrogens is 1. The minimum atomic E-state index is -3.55. The van der Waals surface area contributed by atoms with Crippen LogP contribution in [0, 0.1) is 5.82 Å². The fourth-order valence-corrected chi connectivity index (χ4v) is 6.86. The van der Waals surface area contributed by atoms with Gasteiger partial charge in [-0.05, 0) is 61.3 Å². The van der Waals surface area contributed by atoms with E-state index >= 15 is 0 Å². The lowest BCUT2D eigenvalue weighted by atomic mass is 9.69. The second-order valence-electron chi connectivity index (χ2n) is 9.52. The van der Waals surface area contributed by atoms with Gasteiger partial charge in [0.25, 0.3) is 0 Å². The molecule has 9 heteroatoms. The Kier molecular flexibility index (Phi) is 5.92. The predicted octanol–water partition coefficient (Wildman–Crippen LogP) is 3.16. The third-order valence-corrected chi connectivity index (χ3v) is 8.65. The van der Waals surface area contributed by atoms with Gasteiger partial charge < -0.3 is 14.8 Å². The molecule has 3 heterocycles. The minimum absolute atomic E-state index is 0.240. The van der Waals surface area contributed by atoms with E-state index in [9.17, 15) is 17.9 Å². The summed E-state index contributed by atoms with van der Waals surface area (Å²) in [4.78, 5) is 5.71. The number of rotatable bonds is 5. The molecule has 3 aromatic rings. The quantitative estimate of drug-likeness (QED) is 0.578. The van der Waals surface area contributed by atoms with Crippen molar-refractivity contribution in [2.75, 3.05) is 39.6 Å². The smallest absolute Gasteiger partial charge is 0.211 e. The number of aliphatic hydroxyl groups is 1. The zero-order chi connectivity index (χ0) is 24.1. The molecule has 182 valence electrons. The Balaban J connectivity index is 1.54. The SMILES string of the molecule is COc1ccc2c3c([nH]c2c1)[C@@H](CO)N(S(C)(=O)=O)CC31CCN(Cc2cccc(F)c2)CC1. The molecule has 0 aliphatic carbocycles. The molecule has 0 amide bonds. The molecule has 2 N–H and O–H groups in total. The van der Waals surface area contributed by atoms with Crippen molar-refractivity contribution in [3.63, 3.8) is 0 Å². The summed E-state index contributed by atoms with van der Waals surface area (Å²) in [5.74, 6) is 0.474. The van der Waals surface area contributed by atoms with Gasteiger partial charge in [-0.1, -0.05) is 12.1 Å². The number of nitrogens with one attached hydrogen (secondary N) is 1. The number of benzene rings is 2. The molecule has 1 spiro atoms. The Morgan fingerprint density at radius 3 is 2.62 bits per heavy atom. The van der Waals surface area contributed by atoms with E-state index in [4.69, 9.17) is 4.74 Å². The first-order valence-electron chi connectivity index (χ1n) is 11.5. The second kappa shape index (κ2) is 8.64. The van der Waals surface area contributed by atoms with Crippen LogP contribution in [-0.4, -0.2) is 67.3 Å². The van der Waals surface area contributed by atoms with Gasteiger partial charge in [-0.3, -0.25) is 4.90 Å². The van der Waals surface area contributed by atoms with Crippen LogP contribution in [0.3, 0.4) is 0 Å². The van der Waals surface area contributed by atoms with E-state index in [0.717, 1.165) is 53.7 Å². The fourth-order valence-electron chi connectivity index (χ4n) is 5.75. The molecule has 1 saturated heterocycles. The highest BCUT2D eigenvalue weighted by Gasteiger charge is 2.49. The van der Waals surface area contributed by atoms with Gasteiger partial charge in [0.15, 0.2) is 0 Å². The summed E-state index contributed by atoms with van der Waals surface area (Å²) in [5, 5.41) is 11.3. The maximum atomic E-state index is 13.7. The van der Waals surface area contributed by atoms with Crippen LogP contribution in [0.15, 0.2) is 42.5 Å². The third kappa shape index (κ3) is 4.00. The summed E-state index contributed by atoms with van der Waals surface area (Å²) in [6.07, 6.45) is 2.73. The van der Waals surface area contributed by atoms with Crippen molar-refractivity contribution in [1.82, 2.24) is 14.2 Å². The van der Waals surface area contributed by atoms with Crippen LogP contribution in [0.1, 0.15) is 35.7 Å². The van der Waals surface area contributed by atoms with Gasteiger partial charge in [-0.2, -0.15) is 4.31 Å². The normalized spacial score (nSPS) is 21.1. The van der Waals surface area contributed by atoms with E-state index in [-0.39, 0.29) is 17.8 Å². The molecule has 0 bridgehead atoms. The number of H-pyrrole nitrogens is 1. The number of likely N-dealkylation sites (tertiary alicyclic amines) is 1. The first-order chi connectivity index (χ1) is 16.2. The average molecular weight is 488 g/mol. The first kappa shape index (κ1) is 23.3. The number of hydrogen-bond acceptors (Lipinski definition) is 5. The summed E-state index contributed by atoms with van der Waals surface area (Å²) in [5.41, 5.74) is 3.29. The monoisotopic (exact) mass is 487 g/mol. The van der Waals surface area contributed by atoms with E-state index < -0.39 is 16.1 Å². The number of sulfonamides is 1.